The summed E-state index contributed by atoms with van der Waals surface area (Å²) in [6.45, 7) is 1.71. The van der Waals surface area contributed by atoms with Crippen LogP contribution >= 0.6 is 11.6 Å². The van der Waals surface area contributed by atoms with Crippen LogP contribution in [0.1, 0.15) is 11.3 Å². The molecule has 7 heteroatoms. The normalized spacial score (nSPS) is 11.1. The lowest BCUT2D eigenvalue weighted by atomic mass is 10.1. The lowest BCUT2D eigenvalue weighted by molar-refractivity contribution is -0.112. The van der Waals surface area contributed by atoms with Crippen LogP contribution in [0.25, 0.3) is 11.8 Å². The SMILES string of the molecule is Cc1nn(-c2ccc(F)cc2)c(Cl)c1/C=C(\C#N)C(=O)Nc1ccccc1. The van der Waals surface area contributed by atoms with Crippen LogP contribution in [-0.4, -0.2) is 15.7 Å². The van der Waals surface area contributed by atoms with Gasteiger partial charge < -0.3 is 5.32 Å². The minimum atomic E-state index is -0.548. The second-order valence-electron chi connectivity index (χ2n) is 5.67. The number of aryl methyl sites for hydroxylation is 1. The monoisotopic (exact) mass is 380 g/mol. The van der Waals surface area contributed by atoms with Crippen LogP contribution < -0.4 is 5.32 Å². The molecule has 3 rings (SSSR count). The number of hydrogen-bond donors (Lipinski definition) is 1. The standard InChI is InChI=1S/C20H14ClFN4O/c1-13-18(19(21)26(25-13)17-9-7-15(22)8-10-17)11-14(12-23)20(27)24-16-5-3-2-4-6-16/h2-11H,1H3,(H,24,27)/b14-11+. The van der Waals surface area contributed by atoms with Crippen LogP contribution in [0.3, 0.4) is 0 Å². The summed E-state index contributed by atoms with van der Waals surface area (Å²) in [5.74, 6) is -0.920. The van der Waals surface area contributed by atoms with Crippen LogP contribution in [0, 0.1) is 24.1 Å². The van der Waals surface area contributed by atoms with Crippen molar-refractivity contribution in [3.8, 4) is 11.8 Å². The molecule has 2 aromatic carbocycles. The lowest BCUT2D eigenvalue weighted by Gasteiger charge is -2.04. The molecule has 0 aliphatic carbocycles. The van der Waals surface area contributed by atoms with Gasteiger partial charge in [0.2, 0.25) is 0 Å². The Labute approximate surface area is 160 Å². The molecular weight excluding hydrogens is 367 g/mol. The number of nitriles is 1. The van der Waals surface area contributed by atoms with Crippen LogP contribution in [0.2, 0.25) is 5.15 Å². The summed E-state index contributed by atoms with van der Waals surface area (Å²) in [6.07, 6.45) is 1.39. The summed E-state index contributed by atoms with van der Waals surface area (Å²) in [6, 6.07) is 16.4. The molecule has 0 aliphatic rings. The number of anilines is 1. The van der Waals surface area contributed by atoms with Crippen LogP contribution in [0.15, 0.2) is 60.2 Å². The van der Waals surface area contributed by atoms with Gasteiger partial charge in [0.05, 0.1) is 11.4 Å². The molecule has 3 aromatic rings. The van der Waals surface area contributed by atoms with Crippen molar-refractivity contribution >= 4 is 29.3 Å². The summed E-state index contributed by atoms with van der Waals surface area (Å²) in [5.41, 5.74) is 2.01. The number of carbonyl (C=O) groups is 1. The van der Waals surface area contributed by atoms with Gasteiger partial charge in [-0.3, -0.25) is 4.79 Å². The molecule has 0 fully saturated rings. The van der Waals surface area contributed by atoms with Gasteiger partial charge in [-0.05, 0) is 49.4 Å². The molecule has 1 heterocycles. The third kappa shape index (κ3) is 4.05. The molecule has 0 saturated heterocycles. The number of rotatable bonds is 4. The summed E-state index contributed by atoms with van der Waals surface area (Å²) >= 11 is 6.39. The van der Waals surface area contributed by atoms with Crippen LogP contribution in [-0.2, 0) is 4.79 Å². The van der Waals surface area contributed by atoms with E-state index in [2.05, 4.69) is 10.4 Å². The average molecular weight is 381 g/mol. The van der Waals surface area contributed by atoms with Gasteiger partial charge in [-0.2, -0.15) is 10.4 Å². The number of benzene rings is 2. The van der Waals surface area contributed by atoms with E-state index in [-0.39, 0.29) is 16.5 Å². The molecule has 1 aromatic heterocycles. The number of para-hydroxylation sites is 1. The second-order valence-corrected chi connectivity index (χ2v) is 6.03. The molecule has 0 aliphatic heterocycles. The minimum absolute atomic E-state index is 0.109. The number of aromatic nitrogens is 2. The number of nitrogens with one attached hydrogen (secondary N) is 1. The van der Waals surface area contributed by atoms with Gasteiger partial charge in [0.25, 0.3) is 5.91 Å². The third-order valence-electron chi connectivity index (χ3n) is 3.80. The predicted octanol–water partition coefficient (Wildman–Crippen LogP) is 4.52. The molecule has 0 saturated carbocycles. The zero-order valence-corrected chi connectivity index (χ0v) is 15.0. The van der Waals surface area contributed by atoms with Crippen LogP contribution in [0.5, 0.6) is 0 Å². The molecule has 0 unspecified atom stereocenters. The smallest absolute Gasteiger partial charge is 0.266 e. The van der Waals surface area contributed by atoms with E-state index in [1.165, 1.54) is 35.0 Å². The van der Waals surface area contributed by atoms with Crippen molar-refractivity contribution in [3.05, 3.63) is 82.4 Å². The van der Waals surface area contributed by atoms with Crippen LogP contribution in [0.4, 0.5) is 10.1 Å². The van der Waals surface area contributed by atoms with E-state index in [0.717, 1.165) is 0 Å². The Morgan fingerprint density at radius 1 is 1.22 bits per heavy atom. The van der Waals surface area contributed by atoms with E-state index >= 15 is 0 Å². The minimum Gasteiger partial charge on any atom is -0.321 e. The average Bonchev–Trinajstić information content (AvgIpc) is 2.95. The van der Waals surface area contributed by atoms with Crippen molar-refractivity contribution < 1.29 is 9.18 Å². The first kappa shape index (κ1) is 18.4. The highest BCUT2D eigenvalue weighted by atomic mass is 35.5. The van der Waals surface area contributed by atoms with Gasteiger partial charge in [0, 0.05) is 11.3 Å². The number of amides is 1. The van der Waals surface area contributed by atoms with E-state index in [1.807, 2.05) is 12.1 Å². The molecule has 5 nitrogen and oxygen atoms in total. The molecular formula is C20H14ClFN4O. The van der Waals surface area contributed by atoms with E-state index in [1.54, 1.807) is 31.2 Å². The van der Waals surface area contributed by atoms with Gasteiger partial charge in [-0.1, -0.05) is 29.8 Å². The quantitative estimate of drug-likeness (QED) is 0.534. The fourth-order valence-electron chi connectivity index (χ4n) is 2.44. The fourth-order valence-corrected chi connectivity index (χ4v) is 2.77. The lowest BCUT2D eigenvalue weighted by Crippen LogP contribution is -2.13. The summed E-state index contributed by atoms with van der Waals surface area (Å²) in [4.78, 5) is 12.4. The molecule has 0 atom stereocenters. The van der Waals surface area contributed by atoms with E-state index in [0.29, 0.717) is 22.6 Å². The van der Waals surface area contributed by atoms with Crippen molar-refractivity contribution in [3.63, 3.8) is 0 Å². The number of hydrogen-bond acceptors (Lipinski definition) is 3. The van der Waals surface area contributed by atoms with Gasteiger partial charge in [0.15, 0.2) is 0 Å². The van der Waals surface area contributed by atoms with Crippen molar-refractivity contribution in [2.75, 3.05) is 5.32 Å². The highest BCUT2D eigenvalue weighted by Gasteiger charge is 2.17. The maximum atomic E-state index is 13.1. The molecule has 1 N–H and O–H groups in total. The highest BCUT2D eigenvalue weighted by molar-refractivity contribution is 6.31. The molecule has 27 heavy (non-hydrogen) atoms. The third-order valence-corrected chi connectivity index (χ3v) is 4.17. The number of nitrogens with zero attached hydrogens (tertiary/aromatic N) is 3. The number of carbonyl (C=O) groups excluding carboxylic acids is 1. The van der Waals surface area contributed by atoms with E-state index in [9.17, 15) is 14.4 Å². The first-order valence-corrected chi connectivity index (χ1v) is 8.36. The van der Waals surface area contributed by atoms with Gasteiger partial charge in [0.1, 0.15) is 22.6 Å². The van der Waals surface area contributed by atoms with Gasteiger partial charge in [-0.25, -0.2) is 9.07 Å². The van der Waals surface area contributed by atoms with E-state index < -0.39 is 5.91 Å². The molecule has 134 valence electrons. The predicted molar refractivity (Wildman–Crippen MR) is 102 cm³/mol. The summed E-state index contributed by atoms with van der Waals surface area (Å²) in [7, 11) is 0. The largest absolute Gasteiger partial charge is 0.321 e. The highest BCUT2D eigenvalue weighted by Crippen LogP contribution is 2.26. The Morgan fingerprint density at radius 2 is 1.89 bits per heavy atom. The summed E-state index contributed by atoms with van der Waals surface area (Å²) in [5, 5.41) is 16.6. The first-order valence-electron chi connectivity index (χ1n) is 7.99. The first-order chi connectivity index (χ1) is 13.0. The number of halogens is 2. The van der Waals surface area contributed by atoms with Crippen molar-refractivity contribution in [2.24, 2.45) is 0 Å². The Bertz CT molecular complexity index is 1050. The maximum absolute atomic E-state index is 13.1. The fraction of sp³-hybridized carbons (Fsp3) is 0.0500. The van der Waals surface area contributed by atoms with Crippen molar-refractivity contribution in [1.29, 1.82) is 5.26 Å². The van der Waals surface area contributed by atoms with Crippen molar-refractivity contribution in [2.45, 2.75) is 6.92 Å². The second kappa shape index (κ2) is 7.85. The molecule has 0 spiro atoms. The van der Waals surface area contributed by atoms with Gasteiger partial charge >= 0.3 is 0 Å². The Morgan fingerprint density at radius 3 is 2.52 bits per heavy atom. The molecule has 0 radical (unpaired) electrons. The molecule has 0 bridgehead atoms. The Hall–Kier alpha value is -3.43. The zero-order chi connectivity index (χ0) is 19.4. The Balaban J connectivity index is 1.94. The topological polar surface area (TPSA) is 70.7 Å². The maximum Gasteiger partial charge on any atom is 0.266 e. The molecule has 1 amide bonds. The summed E-state index contributed by atoms with van der Waals surface area (Å²) < 4.78 is 14.5. The van der Waals surface area contributed by atoms with Crippen molar-refractivity contribution in [1.82, 2.24) is 9.78 Å². The van der Waals surface area contributed by atoms with E-state index in [4.69, 9.17) is 11.6 Å². The Kier molecular flexibility index (Phi) is 5.34. The zero-order valence-electron chi connectivity index (χ0n) is 14.3. The van der Waals surface area contributed by atoms with Gasteiger partial charge in [-0.15, -0.1) is 0 Å².